The molecule has 2 aromatic carbocycles. The van der Waals surface area contributed by atoms with Crippen molar-refractivity contribution < 1.29 is 14.3 Å². The van der Waals surface area contributed by atoms with Gasteiger partial charge in [0.05, 0.1) is 11.3 Å². The molecule has 5 nitrogen and oxygen atoms in total. The second kappa shape index (κ2) is 9.21. The maximum atomic E-state index is 12.6. The first kappa shape index (κ1) is 19.0. The van der Waals surface area contributed by atoms with Crippen LogP contribution >= 0.6 is 0 Å². The Morgan fingerprint density at radius 2 is 1.81 bits per heavy atom. The lowest BCUT2D eigenvalue weighted by molar-refractivity contribution is -0.138. The van der Waals surface area contributed by atoms with Crippen LogP contribution in [0.25, 0.3) is 0 Å². The largest absolute Gasteiger partial charge is 0.452 e. The zero-order valence-corrected chi connectivity index (χ0v) is 15.7. The standard InChI is InChI=1S/C22H26N2O3/c1-2-18-12-8-9-15-24(18)21(25)16-27-22(26)19-13-6-7-14-20(19)23-17-10-4-3-5-11-17/h3-7,10-11,13-14,18,23H,2,8-9,12,15-16H2,1H3/t18-/m1/s1. The number of amides is 1. The number of hydrogen-bond donors (Lipinski definition) is 1. The van der Waals surface area contributed by atoms with E-state index in [9.17, 15) is 9.59 Å². The van der Waals surface area contributed by atoms with E-state index < -0.39 is 5.97 Å². The van der Waals surface area contributed by atoms with Crippen molar-refractivity contribution >= 4 is 23.3 Å². The van der Waals surface area contributed by atoms with E-state index in [4.69, 9.17) is 4.74 Å². The Morgan fingerprint density at radius 1 is 1.07 bits per heavy atom. The number of nitrogens with one attached hydrogen (secondary N) is 1. The molecular weight excluding hydrogens is 340 g/mol. The van der Waals surface area contributed by atoms with E-state index in [0.29, 0.717) is 11.3 Å². The molecule has 1 saturated heterocycles. The van der Waals surface area contributed by atoms with E-state index in [-0.39, 0.29) is 18.6 Å². The fraction of sp³-hybridized carbons (Fsp3) is 0.364. The van der Waals surface area contributed by atoms with Gasteiger partial charge in [-0.05, 0) is 49.9 Å². The predicted molar refractivity (Wildman–Crippen MR) is 106 cm³/mol. The van der Waals surface area contributed by atoms with Crippen LogP contribution in [0.1, 0.15) is 43.0 Å². The third kappa shape index (κ3) is 4.88. The Bertz CT molecular complexity index is 776. The molecule has 1 aliphatic rings. The van der Waals surface area contributed by atoms with Crippen LogP contribution in [-0.4, -0.2) is 36.0 Å². The van der Waals surface area contributed by atoms with Gasteiger partial charge in [-0.15, -0.1) is 0 Å². The highest BCUT2D eigenvalue weighted by molar-refractivity contribution is 5.97. The quantitative estimate of drug-likeness (QED) is 0.771. The topological polar surface area (TPSA) is 58.6 Å². The molecule has 0 spiro atoms. The highest BCUT2D eigenvalue weighted by atomic mass is 16.5. The molecule has 0 bridgehead atoms. The number of nitrogens with zero attached hydrogens (tertiary/aromatic N) is 1. The minimum Gasteiger partial charge on any atom is -0.452 e. The lowest BCUT2D eigenvalue weighted by atomic mass is 10.00. The number of esters is 1. The van der Waals surface area contributed by atoms with Crippen molar-refractivity contribution in [3.8, 4) is 0 Å². The number of anilines is 2. The highest BCUT2D eigenvalue weighted by Crippen LogP contribution is 2.22. The van der Waals surface area contributed by atoms with E-state index in [1.54, 1.807) is 12.1 Å². The first-order valence-electron chi connectivity index (χ1n) is 9.56. The Labute approximate surface area is 160 Å². The first-order chi connectivity index (χ1) is 13.2. The summed E-state index contributed by atoms with van der Waals surface area (Å²) in [7, 11) is 0. The molecule has 142 valence electrons. The molecule has 1 fully saturated rings. The molecular formula is C22H26N2O3. The van der Waals surface area contributed by atoms with Gasteiger partial charge in [-0.1, -0.05) is 37.3 Å². The highest BCUT2D eigenvalue weighted by Gasteiger charge is 2.26. The van der Waals surface area contributed by atoms with Gasteiger partial charge in [0.25, 0.3) is 5.91 Å². The molecule has 0 aliphatic carbocycles. The van der Waals surface area contributed by atoms with Crippen LogP contribution in [0.5, 0.6) is 0 Å². The summed E-state index contributed by atoms with van der Waals surface area (Å²) in [5, 5.41) is 3.22. The summed E-state index contributed by atoms with van der Waals surface area (Å²) in [6.07, 6.45) is 4.13. The third-order valence-electron chi connectivity index (χ3n) is 4.95. The number of piperidine rings is 1. The van der Waals surface area contributed by atoms with Gasteiger partial charge in [-0.3, -0.25) is 4.79 Å². The Morgan fingerprint density at radius 3 is 2.59 bits per heavy atom. The molecule has 0 saturated carbocycles. The average Bonchev–Trinajstić information content (AvgIpc) is 2.73. The minimum absolute atomic E-state index is 0.108. The SMILES string of the molecule is CC[C@@H]1CCCCN1C(=O)COC(=O)c1ccccc1Nc1ccccc1. The number of ether oxygens (including phenoxy) is 1. The van der Waals surface area contributed by atoms with E-state index in [1.165, 1.54) is 0 Å². The summed E-state index contributed by atoms with van der Waals surface area (Å²) in [6.45, 7) is 2.63. The van der Waals surface area contributed by atoms with Crippen LogP contribution < -0.4 is 5.32 Å². The van der Waals surface area contributed by atoms with Gasteiger partial charge in [0, 0.05) is 18.3 Å². The van der Waals surface area contributed by atoms with E-state index in [2.05, 4.69) is 12.2 Å². The molecule has 1 atom stereocenters. The summed E-state index contributed by atoms with van der Waals surface area (Å²) in [5.41, 5.74) is 1.96. The summed E-state index contributed by atoms with van der Waals surface area (Å²) < 4.78 is 5.34. The monoisotopic (exact) mass is 366 g/mol. The van der Waals surface area contributed by atoms with Gasteiger partial charge in [0.15, 0.2) is 6.61 Å². The van der Waals surface area contributed by atoms with Crippen LogP contribution in [0.2, 0.25) is 0 Å². The summed E-state index contributed by atoms with van der Waals surface area (Å²) in [5.74, 6) is -0.601. The average molecular weight is 366 g/mol. The van der Waals surface area contributed by atoms with Gasteiger partial charge in [0.1, 0.15) is 0 Å². The minimum atomic E-state index is -0.493. The maximum Gasteiger partial charge on any atom is 0.340 e. The number of carbonyl (C=O) groups is 2. The fourth-order valence-electron chi connectivity index (χ4n) is 3.49. The van der Waals surface area contributed by atoms with Gasteiger partial charge < -0.3 is 15.0 Å². The van der Waals surface area contributed by atoms with Gasteiger partial charge in [-0.25, -0.2) is 4.79 Å². The Kier molecular flexibility index (Phi) is 6.47. The van der Waals surface area contributed by atoms with Crippen LogP contribution in [-0.2, 0) is 9.53 Å². The molecule has 3 rings (SSSR count). The molecule has 1 aliphatic heterocycles. The lowest BCUT2D eigenvalue weighted by Crippen LogP contribution is -2.45. The molecule has 1 heterocycles. The molecule has 0 aromatic heterocycles. The smallest absolute Gasteiger partial charge is 0.340 e. The summed E-state index contributed by atoms with van der Waals surface area (Å²) in [6, 6.07) is 17.0. The number of hydrogen-bond acceptors (Lipinski definition) is 4. The van der Waals surface area contributed by atoms with Crippen molar-refractivity contribution in [2.24, 2.45) is 0 Å². The zero-order valence-electron chi connectivity index (χ0n) is 15.7. The Balaban J connectivity index is 1.63. The lowest BCUT2D eigenvalue weighted by Gasteiger charge is -2.35. The maximum absolute atomic E-state index is 12.6. The second-order valence-corrected chi connectivity index (χ2v) is 6.76. The van der Waals surface area contributed by atoms with Crippen molar-refractivity contribution in [2.75, 3.05) is 18.5 Å². The summed E-state index contributed by atoms with van der Waals surface area (Å²) >= 11 is 0. The van der Waals surface area contributed by atoms with Gasteiger partial charge >= 0.3 is 5.97 Å². The van der Waals surface area contributed by atoms with E-state index in [1.807, 2.05) is 47.4 Å². The molecule has 27 heavy (non-hydrogen) atoms. The normalized spacial score (nSPS) is 16.6. The predicted octanol–water partition coefficient (Wildman–Crippen LogP) is 4.38. The van der Waals surface area contributed by atoms with Crippen LogP contribution in [0.15, 0.2) is 54.6 Å². The number of para-hydroxylation sites is 2. The van der Waals surface area contributed by atoms with Crippen LogP contribution in [0.3, 0.4) is 0 Å². The Hall–Kier alpha value is -2.82. The number of likely N-dealkylation sites (tertiary alicyclic amines) is 1. The van der Waals surface area contributed by atoms with Gasteiger partial charge in [-0.2, -0.15) is 0 Å². The third-order valence-corrected chi connectivity index (χ3v) is 4.95. The van der Waals surface area contributed by atoms with Gasteiger partial charge in [0.2, 0.25) is 0 Å². The number of benzene rings is 2. The van der Waals surface area contributed by atoms with Crippen molar-refractivity contribution in [3.05, 3.63) is 60.2 Å². The van der Waals surface area contributed by atoms with Crippen molar-refractivity contribution in [2.45, 2.75) is 38.6 Å². The molecule has 5 heteroatoms. The summed E-state index contributed by atoms with van der Waals surface area (Å²) in [4.78, 5) is 26.9. The van der Waals surface area contributed by atoms with E-state index >= 15 is 0 Å². The molecule has 0 radical (unpaired) electrons. The van der Waals surface area contributed by atoms with Crippen molar-refractivity contribution in [1.29, 1.82) is 0 Å². The fourth-order valence-corrected chi connectivity index (χ4v) is 3.49. The zero-order chi connectivity index (χ0) is 19.1. The number of rotatable bonds is 6. The molecule has 1 N–H and O–H groups in total. The molecule has 0 unspecified atom stereocenters. The molecule has 2 aromatic rings. The molecule has 1 amide bonds. The second-order valence-electron chi connectivity index (χ2n) is 6.76. The van der Waals surface area contributed by atoms with Crippen molar-refractivity contribution in [1.82, 2.24) is 4.90 Å². The van der Waals surface area contributed by atoms with Crippen LogP contribution in [0, 0.1) is 0 Å². The first-order valence-corrected chi connectivity index (χ1v) is 9.56. The van der Waals surface area contributed by atoms with E-state index in [0.717, 1.165) is 37.9 Å². The number of carbonyl (C=O) groups excluding carboxylic acids is 2. The van der Waals surface area contributed by atoms with Crippen molar-refractivity contribution in [3.63, 3.8) is 0 Å². The van der Waals surface area contributed by atoms with Crippen LogP contribution in [0.4, 0.5) is 11.4 Å².